The van der Waals surface area contributed by atoms with Gasteiger partial charge in [0.25, 0.3) is 5.91 Å². The second-order valence-electron chi connectivity index (χ2n) is 13.8. The predicted octanol–water partition coefficient (Wildman–Crippen LogP) is 3.17. The van der Waals surface area contributed by atoms with E-state index in [0.717, 1.165) is 38.9 Å². The van der Waals surface area contributed by atoms with Gasteiger partial charge in [0.05, 0.1) is 31.1 Å². The molecular weight excluding hydrogens is 701 g/mol. The Balaban J connectivity index is 1.26. The van der Waals surface area contributed by atoms with Crippen LogP contribution in [-0.2, 0) is 38.6 Å². The van der Waals surface area contributed by atoms with Crippen molar-refractivity contribution in [2.24, 2.45) is 0 Å². The Morgan fingerprint density at radius 3 is 2.44 bits per heavy atom. The average molecular weight is 749 g/mol. The number of hydrogen-bond acceptors (Lipinski definition) is 7. The van der Waals surface area contributed by atoms with E-state index in [1.54, 1.807) is 50.4 Å². The number of benzene rings is 3. The SMILES string of the molecule is CC[C@@H]1NC(=O)CN(C(=O)Cc2ccc(OC)cc2)CCCNC(=O)c2ccc3nc(C)n(c3c2)CCCNC(=O)[C@@H](Cc2c[nH]c3ccccc23)NC1=O. The van der Waals surface area contributed by atoms with Crippen LogP contribution in [0.4, 0.5) is 0 Å². The smallest absolute Gasteiger partial charge is 0.251 e. The maximum atomic E-state index is 13.8. The molecule has 2 aromatic heterocycles. The highest BCUT2D eigenvalue weighted by atomic mass is 16.5. The maximum absolute atomic E-state index is 13.8. The molecule has 0 aliphatic carbocycles. The molecule has 0 spiro atoms. The molecule has 5 aromatic rings. The Morgan fingerprint density at radius 2 is 1.65 bits per heavy atom. The second-order valence-corrected chi connectivity index (χ2v) is 13.8. The van der Waals surface area contributed by atoms with Gasteiger partial charge in [-0.15, -0.1) is 0 Å². The van der Waals surface area contributed by atoms with Gasteiger partial charge in [0.2, 0.25) is 23.6 Å². The van der Waals surface area contributed by atoms with Crippen molar-refractivity contribution in [3.63, 3.8) is 0 Å². The van der Waals surface area contributed by atoms with Crippen LogP contribution in [0.5, 0.6) is 5.75 Å². The zero-order valence-corrected chi connectivity index (χ0v) is 31.4. The number of nitrogens with zero attached hydrogens (tertiary/aromatic N) is 3. The predicted molar refractivity (Wildman–Crippen MR) is 208 cm³/mol. The summed E-state index contributed by atoms with van der Waals surface area (Å²) in [6, 6.07) is 18.3. The number of rotatable bonds is 6. The van der Waals surface area contributed by atoms with Crippen LogP contribution in [0.3, 0.4) is 0 Å². The second kappa shape index (κ2) is 17.8. The van der Waals surface area contributed by atoms with Crippen molar-refractivity contribution in [1.29, 1.82) is 0 Å². The zero-order valence-electron chi connectivity index (χ0n) is 31.4. The quantitative estimate of drug-likeness (QED) is 0.177. The lowest BCUT2D eigenvalue weighted by Gasteiger charge is -2.25. The summed E-state index contributed by atoms with van der Waals surface area (Å²) in [5, 5.41) is 12.6. The van der Waals surface area contributed by atoms with Gasteiger partial charge in [-0.2, -0.15) is 0 Å². The van der Waals surface area contributed by atoms with Crippen LogP contribution in [0, 0.1) is 6.92 Å². The summed E-state index contributed by atoms with van der Waals surface area (Å²) in [4.78, 5) is 77.3. The minimum Gasteiger partial charge on any atom is -0.497 e. The van der Waals surface area contributed by atoms with E-state index >= 15 is 0 Å². The van der Waals surface area contributed by atoms with Gasteiger partial charge in [0.1, 0.15) is 23.7 Å². The van der Waals surface area contributed by atoms with Gasteiger partial charge in [0, 0.05) is 55.3 Å². The number of para-hydroxylation sites is 1. The monoisotopic (exact) mass is 748 g/mol. The van der Waals surface area contributed by atoms with E-state index in [1.807, 2.05) is 48.0 Å². The highest BCUT2D eigenvalue weighted by Gasteiger charge is 2.28. The number of aromatic nitrogens is 3. The number of aromatic amines is 1. The lowest BCUT2D eigenvalue weighted by atomic mass is 10.0. The first-order valence-corrected chi connectivity index (χ1v) is 18.7. The standard InChI is InChI=1S/C41H48N8O6/c1-4-32-41(54)47-35(22-29-24-44-33-10-6-5-9-31(29)33)40(53)43-18-8-20-49-26(2)45-34-16-13-28(23-36(34)49)39(52)42-17-7-19-48(25-37(50)46-32)38(51)21-27-11-14-30(55-3)15-12-27/h5-6,9-16,23-24,32,35,44H,4,7-8,17-22,25H2,1-3H3,(H,42,52)(H,43,53)(H,46,50)(H,47,54)/t32-,35+/m0/s1. The largest absolute Gasteiger partial charge is 0.497 e. The van der Waals surface area contributed by atoms with Crippen molar-refractivity contribution >= 4 is 51.5 Å². The molecule has 14 heteroatoms. The van der Waals surface area contributed by atoms with Gasteiger partial charge in [-0.25, -0.2) is 4.98 Å². The molecule has 288 valence electrons. The fourth-order valence-electron chi connectivity index (χ4n) is 6.90. The summed E-state index contributed by atoms with van der Waals surface area (Å²) < 4.78 is 7.26. The van der Waals surface area contributed by atoms with Crippen molar-refractivity contribution in [3.8, 4) is 5.75 Å². The lowest BCUT2D eigenvalue weighted by Crippen LogP contribution is -2.55. The van der Waals surface area contributed by atoms with Crippen molar-refractivity contribution in [1.82, 2.24) is 40.7 Å². The maximum Gasteiger partial charge on any atom is 0.251 e. The number of H-pyrrole nitrogens is 1. The number of imidazole rings is 1. The molecule has 3 aromatic carbocycles. The number of aryl methyl sites for hydroxylation is 2. The molecule has 1 aliphatic rings. The van der Waals surface area contributed by atoms with E-state index in [0.29, 0.717) is 37.2 Å². The molecule has 0 unspecified atom stereocenters. The molecule has 5 amide bonds. The zero-order chi connectivity index (χ0) is 38.9. The first-order valence-electron chi connectivity index (χ1n) is 18.7. The normalized spacial score (nSPS) is 18.2. The number of amides is 5. The number of carbonyl (C=O) groups is 5. The van der Waals surface area contributed by atoms with Gasteiger partial charge < -0.3 is 40.5 Å². The lowest BCUT2D eigenvalue weighted by molar-refractivity contribution is -0.137. The van der Waals surface area contributed by atoms with Crippen LogP contribution in [0.25, 0.3) is 21.9 Å². The third kappa shape index (κ3) is 9.50. The molecule has 5 N–H and O–H groups in total. The summed E-state index contributed by atoms with van der Waals surface area (Å²) in [6.07, 6.45) is 3.31. The summed E-state index contributed by atoms with van der Waals surface area (Å²) in [5.41, 5.74) is 4.54. The number of fused-ring (bicyclic) bond motifs is 2. The minimum absolute atomic E-state index is 0.0407. The summed E-state index contributed by atoms with van der Waals surface area (Å²) >= 11 is 0. The minimum atomic E-state index is -0.956. The molecule has 3 heterocycles. The highest BCUT2D eigenvalue weighted by Crippen LogP contribution is 2.21. The third-order valence-electron chi connectivity index (χ3n) is 9.94. The molecule has 14 nitrogen and oxygen atoms in total. The summed E-state index contributed by atoms with van der Waals surface area (Å²) in [5.74, 6) is -0.503. The van der Waals surface area contributed by atoms with Gasteiger partial charge in [0.15, 0.2) is 0 Å². The van der Waals surface area contributed by atoms with Gasteiger partial charge in [-0.1, -0.05) is 37.3 Å². The summed E-state index contributed by atoms with van der Waals surface area (Å²) in [6.45, 7) is 4.68. The van der Waals surface area contributed by atoms with Crippen molar-refractivity contribution in [3.05, 3.63) is 95.4 Å². The third-order valence-corrected chi connectivity index (χ3v) is 9.94. The van der Waals surface area contributed by atoms with E-state index in [-0.39, 0.29) is 56.6 Å². The molecular formula is C41H48N8O6. The fraction of sp³-hybridized carbons (Fsp3) is 0.366. The van der Waals surface area contributed by atoms with E-state index in [9.17, 15) is 24.0 Å². The molecule has 6 rings (SSSR count). The molecule has 55 heavy (non-hydrogen) atoms. The Kier molecular flexibility index (Phi) is 12.4. The van der Waals surface area contributed by atoms with E-state index < -0.39 is 23.9 Å². The van der Waals surface area contributed by atoms with E-state index in [4.69, 9.17) is 4.74 Å². The van der Waals surface area contributed by atoms with Crippen LogP contribution in [0.1, 0.15) is 53.5 Å². The Morgan fingerprint density at radius 1 is 0.891 bits per heavy atom. The number of carbonyl (C=O) groups excluding carboxylic acids is 5. The Labute approximate surface area is 319 Å². The van der Waals surface area contributed by atoms with Crippen molar-refractivity contribution in [2.75, 3.05) is 33.3 Å². The van der Waals surface area contributed by atoms with Crippen LogP contribution >= 0.6 is 0 Å². The van der Waals surface area contributed by atoms with Gasteiger partial charge in [-0.3, -0.25) is 24.0 Å². The molecule has 0 saturated heterocycles. The van der Waals surface area contributed by atoms with E-state index in [2.05, 4.69) is 31.2 Å². The first kappa shape index (κ1) is 38.5. The van der Waals surface area contributed by atoms with Crippen LogP contribution in [0.15, 0.2) is 72.9 Å². The molecule has 0 saturated carbocycles. The van der Waals surface area contributed by atoms with Crippen molar-refractivity contribution < 1.29 is 28.7 Å². The average Bonchev–Trinajstić information content (AvgIpc) is 3.74. The molecule has 2 atom stereocenters. The summed E-state index contributed by atoms with van der Waals surface area (Å²) in [7, 11) is 1.56. The Hall–Kier alpha value is -6.18. The van der Waals surface area contributed by atoms with Crippen LogP contribution < -0.4 is 26.0 Å². The molecule has 0 fully saturated rings. The number of hydrogen-bond donors (Lipinski definition) is 5. The fourth-order valence-corrected chi connectivity index (χ4v) is 6.90. The Bertz CT molecular complexity index is 2170. The van der Waals surface area contributed by atoms with Crippen LogP contribution in [-0.4, -0.2) is 94.3 Å². The molecule has 2 bridgehead atoms. The van der Waals surface area contributed by atoms with Gasteiger partial charge >= 0.3 is 0 Å². The van der Waals surface area contributed by atoms with Crippen LogP contribution in [0.2, 0.25) is 0 Å². The number of methoxy groups -OCH3 is 1. The molecule has 1 aliphatic heterocycles. The number of ether oxygens (including phenoxy) is 1. The van der Waals surface area contributed by atoms with Crippen molar-refractivity contribution in [2.45, 2.75) is 64.6 Å². The van der Waals surface area contributed by atoms with E-state index in [1.165, 1.54) is 4.90 Å². The number of nitrogens with one attached hydrogen (secondary N) is 5. The first-order chi connectivity index (χ1) is 26.6. The molecule has 0 radical (unpaired) electrons. The van der Waals surface area contributed by atoms with Gasteiger partial charge in [-0.05, 0) is 73.7 Å². The highest BCUT2D eigenvalue weighted by molar-refractivity contribution is 5.97. The topological polar surface area (TPSA) is 180 Å².